The summed E-state index contributed by atoms with van der Waals surface area (Å²) in [5.41, 5.74) is 7.17. The molecule has 0 unspecified atom stereocenters. The van der Waals surface area contributed by atoms with Crippen LogP contribution >= 0.6 is 0 Å². The van der Waals surface area contributed by atoms with E-state index in [0.717, 1.165) is 24.0 Å². The number of benzene rings is 1. The Balaban J connectivity index is 2.31. The van der Waals surface area contributed by atoms with E-state index in [1.165, 1.54) is 6.42 Å². The molecule has 0 amide bonds. The molecule has 1 aromatic rings. The van der Waals surface area contributed by atoms with Gasteiger partial charge < -0.3 is 5.73 Å². The van der Waals surface area contributed by atoms with E-state index in [-0.39, 0.29) is 5.54 Å². The van der Waals surface area contributed by atoms with Crippen LogP contribution in [0, 0.1) is 0 Å². The van der Waals surface area contributed by atoms with Crippen molar-refractivity contribution in [3.63, 3.8) is 0 Å². The second-order valence-corrected chi connectivity index (χ2v) is 5.56. The number of nitrogens with two attached hydrogens (primary N) is 1. The maximum absolute atomic E-state index is 13.7. The molecule has 88 valence electrons. The van der Waals surface area contributed by atoms with Gasteiger partial charge >= 0.3 is 0 Å². The van der Waals surface area contributed by atoms with Gasteiger partial charge in [0.15, 0.2) is 0 Å². The van der Waals surface area contributed by atoms with E-state index in [1.54, 1.807) is 13.8 Å². The zero-order valence-electron chi connectivity index (χ0n) is 10.1. The monoisotopic (exact) mass is 221 g/mol. The van der Waals surface area contributed by atoms with Crippen LogP contribution in [-0.4, -0.2) is 5.67 Å². The smallest absolute Gasteiger partial charge is 0.109 e. The van der Waals surface area contributed by atoms with Crippen LogP contribution < -0.4 is 5.73 Å². The van der Waals surface area contributed by atoms with E-state index in [2.05, 4.69) is 6.07 Å². The minimum absolute atomic E-state index is 0.193. The summed E-state index contributed by atoms with van der Waals surface area (Å²) < 4.78 is 13.7. The SMILES string of the molecule is CC(C)(F)Cc1ccccc1C1(N)CCC1. The number of alkyl halides is 1. The van der Waals surface area contributed by atoms with Crippen LogP contribution in [0.15, 0.2) is 24.3 Å². The highest BCUT2D eigenvalue weighted by Gasteiger charge is 2.36. The largest absolute Gasteiger partial charge is 0.321 e. The van der Waals surface area contributed by atoms with Crippen molar-refractivity contribution in [2.75, 3.05) is 0 Å². The zero-order chi connectivity index (χ0) is 11.8. The van der Waals surface area contributed by atoms with E-state index >= 15 is 0 Å². The molecular formula is C14H20FN. The highest BCUT2D eigenvalue weighted by atomic mass is 19.1. The normalized spacial score (nSPS) is 19.2. The summed E-state index contributed by atoms with van der Waals surface area (Å²) in [4.78, 5) is 0. The van der Waals surface area contributed by atoms with Gasteiger partial charge in [-0.2, -0.15) is 0 Å². The average molecular weight is 221 g/mol. The van der Waals surface area contributed by atoms with Crippen molar-refractivity contribution in [2.24, 2.45) is 5.73 Å². The Bertz CT molecular complexity index is 375. The van der Waals surface area contributed by atoms with Gasteiger partial charge in [0.1, 0.15) is 5.67 Å². The maximum Gasteiger partial charge on any atom is 0.109 e. The van der Waals surface area contributed by atoms with Gasteiger partial charge in [0.05, 0.1) is 0 Å². The first-order valence-corrected chi connectivity index (χ1v) is 5.97. The molecule has 0 aliphatic heterocycles. The third kappa shape index (κ3) is 2.27. The van der Waals surface area contributed by atoms with Gasteiger partial charge in [0.2, 0.25) is 0 Å². The summed E-state index contributed by atoms with van der Waals surface area (Å²) in [6, 6.07) is 8.02. The Hall–Kier alpha value is -0.890. The number of hydrogen-bond donors (Lipinski definition) is 1. The van der Waals surface area contributed by atoms with Gasteiger partial charge in [-0.05, 0) is 44.2 Å². The van der Waals surface area contributed by atoms with Crippen molar-refractivity contribution in [3.8, 4) is 0 Å². The number of hydrogen-bond acceptors (Lipinski definition) is 1. The summed E-state index contributed by atoms with van der Waals surface area (Å²) in [7, 11) is 0. The molecule has 2 N–H and O–H groups in total. The fourth-order valence-corrected chi connectivity index (χ4v) is 2.44. The molecule has 1 aromatic carbocycles. The molecule has 0 spiro atoms. The predicted molar refractivity (Wildman–Crippen MR) is 65.0 cm³/mol. The van der Waals surface area contributed by atoms with Crippen LogP contribution in [0.3, 0.4) is 0 Å². The third-order valence-corrected chi connectivity index (χ3v) is 3.41. The molecule has 2 heteroatoms. The highest BCUT2D eigenvalue weighted by Crippen LogP contribution is 2.40. The van der Waals surface area contributed by atoms with Crippen molar-refractivity contribution in [2.45, 2.75) is 50.7 Å². The van der Waals surface area contributed by atoms with E-state index in [4.69, 9.17) is 5.73 Å². The molecule has 1 fully saturated rings. The topological polar surface area (TPSA) is 26.0 Å². The van der Waals surface area contributed by atoms with Crippen molar-refractivity contribution >= 4 is 0 Å². The molecule has 0 bridgehead atoms. The molecule has 2 rings (SSSR count). The van der Waals surface area contributed by atoms with E-state index in [0.29, 0.717) is 6.42 Å². The predicted octanol–water partition coefficient (Wildman–Crippen LogP) is 3.32. The molecule has 1 nitrogen and oxygen atoms in total. The van der Waals surface area contributed by atoms with Crippen molar-refractivity contribution in [1.29, 1.82) is 0 Å². The Labute approximate surface area is 96.9 Å². The second kappa shape index (κ2) is 3.85. The van der Waals surface area contributed by atoms with Crippen LogP contribution in [0.1, 0.15) is 44.2 Å². The highest BCUT2D eigenvalue weighted by molar-refractivity contribution is 5.36. The Morgan fingerprint density at radius 2 is 1.94 bits per heavy atom. The molecule has 0 radical (unpaired) electrons. The molecule has 0 saturated heterocycles. The van der Waals surface area contributed by atoms with E-state index in [1.807, 2.05) is 18.2 Å². The number of rotatable bonds is 3. The van der Waals surface area contributed by atoms with Crippen LogP contribution in [-0.2, 0) is 12.0 Å². The standard InChI is InChI=1S/C14H20FN/c1-13(2,15)10-11-6-3-4-7-12(11)14(16)8-5-9-14/h3-4,6-7H,5,8-10,16H2,1-2H3. The molecule has 16 heavy (non-hydrogen) atoms. The lowest BCUT2D eigenvalue weighted by atomic mass is 9.70. The van der Waals surface area contributed by atoms with Crippen molar-refractivity contribution in [1.82, 2.24) is 0 Å². The third-order valence-electron chi connectivity index (χ3n) is 3.41. The van der Waals surface area contributed by atoms with Crippen LogP contribution in [0.2, 0.25) is 0 Å². The van der Waals surface area contributed by atoms with Crippen LogP contribution in [0.5, 0.6) is 0 Å². The quantitative estimate of drug-likeness (QED) is 0.832. The van der Waals surface area contributed by atoms with Gasteiger partial charge in [0.25, 0.3) is 0 Å². The first-order valence-electron chi connectivity index (χ1n) is 5.97. The minimum Gasteiger partial charge on any atom is -0.321 e. The lowest BCUT2D eigenvalue weighted by Crippen LogP contribution is -2.44. The summed E-state index contributed by atoms with van der Waals surface area (Å²) in [5, 5.41) is 0. The average Bonchev–Trinajstić information content (AvgIpc) is 2.12. The van der Waals surface area contributed by atoms with E-state index < -0.39 is 5.67 Å². The van der Waals surface area contributed by atoms with Gasteiger partial charge in [-0.25, -0.2) is 4.39 Å². The first-order chi connectivity index (χ1) is 7.41. The summed E-state index contributed by atoms with van der Waals surface area (Å²) in [5.74, 6) is 0. The molecular weight excluding hydrogens is 201 g/mol. The molecule has 0 heterocycles. The van der Waals surface area contributed by atoms with Gasteiger partial charge in [-0.3, -0.25) is 0 Å². The summed E-state index contributed by atoms with van der Waals surface area (Å²) >= 11 is 0. The first kappa shape index (κ1) is 11.6. The van der Waals surface area contributed by atoms with Crippen molar-refractivity contribution in [3.05, 3.63) is 35.4 Å². The lowest BCUT2D eigenvalue weighted by molar-refractivity contribution is 0.210. The lowest BCUT2D eigenvalue weighted by Gasteiger charge is -2.40. The van der Waals surface area contributed by atoms with Gasteiger partial charge in [0, 0.05) is 12.0 Å². The van der Waals surface area contributed by atoms with Crippen LogP contribution in [0.4, 0.5) is 4.39 Å². The Morgan fingerprint density at radius 1 is 1.31 bits per heavy atom. The molecule has 0 aromatic heterocycles. The fraction of sp³-hybridized carbons (Fsp3) is 0.571. The number of halogens is 1. The Morgan fingerprint density at radius 3 is 2.44 bits per heavy atom. The van der Waals surface area contributed by atoms with Gasteiger partial charge in [-0.15, -0.1) is 0 Å². The zero-order valence-corrected chi connectivity index (χ0v) is 10.1. The molecule has 0 atom stereocenters. The Kier molecular flexibility index (Phi) is 2.79. The summed E-state index contributed by atoms with van der Waals surface area (Å²) in [6.45, 7) is 3.24. The second-order valence-electron chi connectivity index (χ2n) is 5.56. The van der Waals surface area contributed by atoms with E-state index in [9.17, 15) is 4.39 Å². The maximum atomic E-state index is 13.7. The van der Waals surface area contributed by atoms with Gasteiger partial charge in [-0.1, -0.05) is 24.3 Å². The minimum atomic E-state index is -1.17. The van der Waals surface area contributed by atoms with Crippen LogP contribution in [0.25, 0.3) is 0 Å². The molecule has 1 aliphatic carbocycles. The molecule has 1 aliphatic rings. The fourth-order valence-electron chi connectivity index (χ4n) is 2.44. The molecule has 1 saturated carbocycles. The summed E-state index contributed by atoms with van der Waals surface area (Å²) in [6.07, 6.45) is 3.68. The van der Waals surface area contributed by atoms with Crippen molar-refractivity contribution < 1.29 is 4.39 Å².